The molecule has 1 aliphatic carbocycles. The lowest BCUT2D eigenvalue weighted by Gasteiger charge is -2.12. The normalized spacial score (nSPS) is 17.9. The predicted molar refractivity (Wildman–Crippen MR) is 47.7 cm³/mol. The Labute approximate surface area is 80.8 Å². The monoisotopic (exact) mass is 198 g/mol. The molecule has 0 bridgehead atoms. The van der Waals surface area contributed by atoms with Gasteiger partial charge in [0.05, 0.1) is 12.7 Å². The SMILES string of the molecule is COc1c(O)ccc(C2(O)CC2)c1F. The van der Waals surface area contributed by atoms with Crippen LogP contribution in [0.25, 0.3) is 0 Å². The van der Waals surface area contributed by atoms with Crippen LogP contribution in [-0.2, 0) is 5.60 Å². The molecule has 76 valence electrons. The van der Waals surface area contributed by atoms with Gasteiger partial charge in [-0.05, 0) is 25.0 Å². The molecule has 0 unspecified atom stereocenters. The zero-order valence-electron chi connectivity index (χ0n) is 7.75. The predicted octanol–water partition coefficient (Wildman–Crippen LogP) is 1.52. The Morgan fingerprint density at radius 1 is 1.43 bits per heavy atom. The summed E-state index contributed by atoms with van der Waals surface area (Å²) in [5.74, 6) is -1.13. The van der Waals surface area contributed by atoms with E-state index in [0.717, 1.165) is 0 Å². The van der Waals surface area contributed by atoms with Gasteiger partial charge >= 0.3 is 0 Å². The van der Waals surface area contributed by atoms with E-state index in [0.29, 0.717) is 12.8 Å². The molecule has 4 heteroatoms. The summed E-state index contributed by atoms with van der Waals surface area (Å²) in [4.78, 5) is 0. The molecule has 0 aromatic heterocycles. The van der Waals surface area contributed by atoms with Gasteiger partial charge in [0.25, 0.3) is 0 Å². The lowest BCUT2D eigenvalue weighted by atomic mass is 10.1. The smallest absolute Gasteiger partial charge is 0.196 e. The minimum absolute atomic E-state index is 0.201. The minimum Gasteiger partial charge on any atom is -0.504 e. The third kappa shape index (κ3) is 1.23. The maximum Gasteiger partial charge on any atom is 0.196 e. The fourth-order valence-corrected chi connectivity index (χ4v) is 1.49. The molecule has 0 aliphatic heterocycles. The van der Waals surface area contributed by atoms with Crippen LogP contribution in [0.4, 0.5) is 4.39 Å². The highest BCUT2D eigenvalue weighted by molar-refractivity contribution is 5.46. The molecule has 0 amide bonds. The molecular formula is C10H11FO3. The average molecular weight is 198 g/mol. The van der Waals surface area contributed by atoms with Gasteiger partial charge in [0, 0.05) is 5.56 Å². The molecule has 3 nitrogen and oxygen atoms in total. The molecule has 0 radical (unpaired) electrons. The summed E-state index contributed by atoms with van der Waals surface area (Å²) in [5, 5.41) is 19.0. The standard InChI is InChI=1S/C10H11FO3/c1-14-9-7(12)3-2-6(8(9)11)10(13)4-5-10/h2-3,12-13H,4-5H2,1H3. The zero-order chi connectivity index (χ0) is 10.3. The van der Waals surface area contributed by atoms with Gasteiger partial charge in [-0.1, -0.05) is 0 Å². The largest absolute Gasteiger partial charge is 0.504 e. The van der Waals surface area contributed by atoms with E-state index in [1.54, 1.807) is 0 Å². The molecule has 1 saturated carbocycles. The first kappa shape index (κ1) is 9.27. The first-order valence-electron chi connectivity index (χ1n) is 4.37. The summed E-state index contributed by atoms with van der Waals surface area (Å²) in [6.07, 6.45) is 1.11. The fourth-order valence-electron chi connectivity index (χ4n) is 1.49. The third-order valence-corrected chi connectivity index (χ3v) is 2.51. The van der Waals surface area contributed by atoms with Crippen LogP contribution < -0.4 is 4.74 Å². The van der Waals surface area contributed by atoms with Crippen molar-refractivity contribution in [3.05, 3.63) is 23.5 Å². The van der Waals surface area contributed by atoms with Crippen molar-refractivity contribution in [3.63, 3.8) is 0 Å². The Morgan fingerprint density at radius 2 is 2.07 bits per heavy atom. The van der Waals surface area contributed by atoms with E-state index in [-0.39, 0.29) is 17.1 Å². The number of aliphatic hydroxyl groups is 1. The second-order valence-corrected chi connectivity index (χ2v) is 3.51. The van der Waals surface area contributed by atoms with Gasteiger partial charge in [-0.15, -0.1) is 0 Å². The van der Waals surface area contributed by atoms with E-state index >= 15 is 0 Å². The van der Waals surface area contributed by atoms with Crippen molar-refractivity contribution in [2.24, 2.45) is 0 Å². The van der Waals surface area contributed by atoms with Crippen LogP contribution in [0.3, 0.4) is 0 Å². The summed E-state index contributed by atoms with van der Waals surface area (Å²) in [7, 11) is 1.28. The van der Waals surface area contributed by atoms with Crippen LogP contribution in [0, 0.1) is 5.82 Å². The molecule has 1 aliphatic rings. The van der Waals surface area contributed by atoms with Crippen LogP contribution in [0.2, 0.25) is 0 Å². The van der Waals surface area contributed by atoms with Crippen molar-refractivity contribution < 1.29 is 19.3 Å². The van der Waals surface area contributed by atoms with Gasteiger partial charge in [0.15, 0.2) is 17.3 Å². The third-order valence-electron chi connectivity index (χ3n) is 2.51. The van der Waals surface area contributed by atoms with Gasteiger partial charge in [-0.3, -0.25) is 0 Å². The number of phenolic OH excluding ortho intramolecular Hbond substituents is 1. The van der Waals surface area contributed by atoms with Crippen molar-refractivity contribution in [1.82, 2.24) is 0 Å². The van der Waals surface area contributed by atoms with E-state index < -0.39 is 11.4 Å². The topological polar surface area (TPSA) is 49.7 Å². The summed E-state index contributed by atoms with van der Waals surface area (Å²) in [6.45, 7) is 0. The highest BCUT2D eigenvalue weighted by Gasteiger charge is 2.45. The number of rotatable bonds is 2. The van der Waals surface area contributed by atoms with Crippen molar-refractivity contribution in [3.8, 4) is 11.5 Å². The number of hydrogen-bond donors (Lipinski definition) is 2. The molecule has 0 atom stereocenters. The van der Waals surface area contributed by atoms with Crippen LogP contribution in [0.1, 0.15) is 18.4 Å². The molecule has 0 spiro atoms. The van der Waals surface area contributed by atoms with Crippen LogP contribution in [-0.4, -0.2) is 17.3 Å². The average Bonchev–Trinajstić information content (AvgIpc) is 2.85. The maximum atomic E-state index is 13.6. The van der Waals surface area contributed by atoms with Crippen LogP contribution in [0.15, 0.2) is 12.1 Å². The van der Waals surface area contributed by atoms with Crippen LogP contribution >= 0.6 is 0 Å². The Hall–Kier alpha value is -1.29. The van der Waals surface area contributed by atoms with Gasteiger partial charge in [-0.25, -0.2) is 4.39 Å². The lowest BCUT2D eigenvalue weighted by molar-refractivity contribution is 0.145. The van der Waals surface area contributed by atoms with Crippen molar-refractivity contribution >= 4 is 0 Å². The van der Waals surface area contributed by atoms with E-state index in [2.05, 4.69) is 0 Å². The number of methoxy groups -OCH3 is 1. The van der Waals surface area contributed by atoms with E-state index in [9.17, 15) is 14.6 Å². The number of hydrogen-bond acceptors (Lipinski definition) is 3. The molecule has 1 fully saturated rings. The summed E-state index contributed by atoms with van der Waals surface area (Å²) < 4.78 is 18.3. The number of phenols is 1. The fraction of sp³-hybridized carbons (Fsp3) is 0.400. The van der Waals surface area contributed by atoms with Crippen molar-refractivity contribution in [1.29, 1.82) is 0 Å². The maximum absolute atomic E-state index is 13.6. The van der Waals surface area contributed by atoms with Gasteiger partial charge in [0.1, 0.15) is 0 Å². The molecule has 1 aromatic carbocycles. The molecule has 0 heterocycles. The summed E-state index contributed by atoms with van der Waals surface area (Å²) in [5.41, 5.74) is -0.849. The van der Waals surface area contributed by atoms with Gasteiger partial charge in [-0.2, -0.15) is 0 Å². The van der Waals surface area contributed by atoms with Gasteiger partial charge in [0.2, 0.25) is 0 Å². The Morgan fingerprint density at radius 3 is 2.57 bits per heavy atom. The number of aromatic hydroxyl groups is 1. The van der Waals surface area contributed by atoms with E-state index in [1.165, 1.54) is 19.2 Å². The van der Waals surface area contributed by atoms with Gasteiger partial charge < -0.3 is 14.9 Å². The molecule has 2 rings (SSSR count). The quantitative estimate of drug-likeness (QED) is 0.757. The summed E-state index contributed by atoms with van der Waals surface area (Å²) >= 11 is 0. The Bertz CT molecular complexity index is 372. The number of ether oxygens (including phenoxy) is 1. The second kappa shape index (κ2) is 2.85. The highest BCUT2D eigenvalue weighted by Crippen LogP contribution is 2.48. The lowest BCUT2D eigenvalue weighted by Crippen LogP contribution is -2.08. The van der Waals surface area contributed by atoms with E-state index in [1.807, 2.05) is 0 Å². The Balaban J connectivity index is 2.53. The highest BCUT2D eigenvalue weighted by atomic mass is 19.1. The molecule has 0 saturated heterocycles. The van der Waals surface area contributed by atoms with Crippen molar-refractivity contribution in [2.45, 2.75) is 18.4 Å². The minimum atomic E-state index is -1.05. The molecule has 2 N–H and O–H groups in total. The Kier molecular flexibility index (Phi) is 1.89. The number of benzene rings is 1. The molecule has 1 aromatic rings. The zero-order valence-corrected chi connectivity index (χ0v) is 7.75. The van der Waals surface area contributed by atoms with Crippen LogP contribution in [0.5, 0.6) is 11.5 Å². The summed E-state index contributed by atoms with van der Waals surface area (Å²) in [6, 6.07) is 2.72. The second-order valence-electron chi connectivity index (χ2n) is 3.51. The number of halogens is 1. The first-order valence-corrected chi connectivity index (χ1v) is 4.37. The van der Waals surface area contributed by atoms with E-state index in [4.69, 9.17) is 4.74 Å². The first-order chi connectivity index (χ1) is 6.58. The van der Waals surface area contributed by atoms with Crippen molar-refractivity contribution in [2.75, 3.05) is 7.11 Å². The molecular weight excluding hydrogens is 187 g/mol. The molecule has 14 heavy (non-hydrogen) atoms.